The van der Waals surface area contributed by atoms with Crippen LogP contribution in [0.1, 0.15) is 22.8 Å². The van der Waals surface area contributed by atoms with Crippen LogP contribution in [0, 0.1) is 6.92 Å². The Morgan fingerprint density at radius 1 is 1.15 bits per heavy atom. The van der Waals surface area contributed by atoms with E-state index in [9.17, 15) is 13.2 Å². The summed E-state index contributed by atoms with van der Waals surface area (Å²) in [6, 6.07) is 11.2. The fourth-order valence-corrected chi connectivity index (χ4v) is 3.51. The van der Waals surface area contributed by atoms with E-state index in [1.165, 1.54) is 19.2 Å². The molecule has 0 bridgehead atoms. The van der Waals surface area contributed by atoms with Crippen molar-refractivity contribution < 1.29 is 22.7 Å². The van der Waals surface area contributed by atoms with Gasteiger partial charge in [0, 0.05) is 19.2 Å². The molecule has 27 heavy (non-hydrogen) atoms. The van der Waals surface area contributed by atoms with Crippen LogP contribution < -0.4 is 14.8 Å². The number of anilines is 1. The monoisotopic (exact) mass is 392 g/mol. The quantitative estimate of drug-likeness (QED) is 0.640. The highest BCUT2D eigenvalue weighted by Crippen LogP contribution is 2.27. The van der Waals surface area contributed by atoms with E-state index < -0.39 is 10.0 Å². The number of hydrogen-bond donors (Lipinski definition) is 2. The summed E-state index contributed by atoms with van der Waals surface area (Å²) in [5.74, 6) is 0.0875. The molecule has 2 aromatic rings. The lowest BCUT2D eigenvalue weighted by Crippen LogP contribution is -2.28. The summed E-state index contributed by atoms with van der Waals surface area (Å²) in [5.41, 5.74) is 1.32. The molecule has 8 heteroatoms. The summed E-state index contributed by atoms with van der Waals surface area (Å²) >= 11 is 0. The first-order chi connectivity index (χ1) is 12.9. The maximum atomic E-state index is 12.8. The van der Waals surface area contributed by atoms with Crippen molar-refractivity contribution in [2.75, 3.05) is 31.6 Å². The molecule has 0 unspecified atom stereocenters. The Balaban J connectivity index is 2.29. The van der Waals surface area contributed by atoms with Crippen LogP contribution >= 0.6 is 0 Å². The molecule has 0 fully saturated rings. The Morgan fingerprint density at radius 3 is 2.59 bits per heavy atom. The van der Waals surface area contributed by atoms with Gasteiger partial charge in [-0.25, -0.2) is 8.42 Å². The molecule has 0 atom stereocenters. The van der Waals surface area contributed by atoms with E-state index in [4.69, 9.17) is 9.47 Å². The van der Waals surface area contributed by atoms with Crippen molar-refractivity contribution in [1.82, 2.24) is 5.32 Å². The zero-order valence-corrected chi connectivity index (χ0v) is 16.4. The highest BCUT2D eigenvalue weighted by Gasteiger charge is 2.19. The SMILES string of the molecule is CCOc1ccccc1NS(=O)(=O)c1ccc(C)c(C(=O)NCCOC)c1. The molecule has 0 aliphatic heterocycles. The van der Waals surface area contributed by atoms with Gasteiger partial charge in [-0.1, -0.05) is 18.2 Å². The van der Waals surface area contributed by atoms with Gasteiger partial charge in [-0.3, -0.25) is 9.52 Å². The second-order valence-corrected chi connectivity index (χ2v) is 7.44. The minimum absolute atomic E-state index is 0.00343. The summed E-state index contributed by atoms with van der Waals surface area (Å²) in [4.78, 5) is 12.3. The van der Waals surface area contributed by atoms with Gasteiger partial charge in [0.2, 0.25) is 0 Å². The van der Waals surface area contributed by atoms with Gasteiger partial charge in [-0.2, -0.15) is 0 Å². The zero-order chi connectivity index (χ0) is 19.9. The van der Waals surface area contributed by atoms with Gasteiger partial charge < -0.3 is 14.8 Å². The number of ether oxygens (including phenoxy) is 2. The fourth-order valence-electron chi connectivity index (χ4n) is 2.41. The van der Waals surface area contributed by atoms with Crippen molar-refractivity contribution >= 4 is 21.6 Å². The number of hydrogen-bond acceptors (Lipinski definition) is 5. The zero-order valence-electron chi connectivity index (χ0n) is 15.6. The van der Waals surface area contributed by atoms with E-state index in [0.29, 0.717) is 42.3 Å². The molecule has 146 valence electrons. The predicted molar refractivity (Wildman–Crippen MR) is 104 cm³/mol. The minimum Gasteiger partial charge on any atom is -0.492 e. The van der Waals surface area contributed by atoms with Crippen molar-refractivity contribution in [2.45, 2.75) is 18.7 Å². The van der Waals surface area contributed by atoms with E-state index in [-0.39, 0.29) is 10.8 Å². The third kappa shape index (κ3) is 5.45. The first kappa shape index (κ1) is 20.7. The van der Waals surface area contributed by atoms with Crippen molar-refractivity contribution in [2.24, 2.45) is 0 Å². The van der Waals surface area contributed by atoms with E-state index in [1.807, 2.05) is 6.92 Å². The maximum absolute atomic E-state index is 12.8. The summed E-state index contributed by atoms with van der Waals surface area (Å²) in [6.45, 7) is 4.69. The van der Waals surface area contributed by atoms with Gasteiger partial charge in [0.05, 0.1) is 23.8 Å². The van der Waals surface area contributed by atoms with Crippen molar-refractivity contribution in [3.05, 3.63) is 53.6 Å². The smallest absolute Gasteiger partial charge is 0.262 e. The molecule has 1 amide bonds. The lowest BCUT2D eigenvalue weighted by Gasteiger charge is -2.14. The Hall–Kier alpha value is -2.58. The fraction of sp³-hybridized carbons (Fsp3) is 0.316. The number of carbonyl (C=O) groups is 1. The third-order valence-electron chi connectivity index (χ3n) is 3.79. The molecular weight excluding hydrogens is 368 g/mol. The predicted octanol–water partition coefficient (Wildman–Crippen LogP) is 2.57. The van der Waals surface area contributed by atoms with Gasteiger partial charge >= 0.3 is 0 Å². The van der Waals surface area contributed by atoms with Gasteiger partial charge in [0.25, 0.3) is 15.9 Å². The largest absolute Gasteiger partial charge is 0.492 e. The normalized spacial score (nSPS) is 11.1. The highest BCUT2D eigenvalue weighted by molar-refractivity contribution is 7.92. The Labute approximate surface area is 159 Å². The summed E-state index contributed by atoms with van der Waals surface area (Å²) in [7, 11) is -2.35. The van der Waals surface area contributed by atoms with Crippen LogP contribution in [0.4, 0.5) is 5.69 Å². The standard InChI is InChI=1S/C19H24N2O5S/c1-4-26-18-8-6-5-7-17(18)21-27(23,24)15-10-9-14(2)16(13-15)19(22)20-11-12-25-3/h5-10,13,21H,4,11-12H2,1-3H3,(H,20,22). The number of sulfonamides is 1. The second kappa shape index (κ2) is 9.38. The summed E-state index contributed by atoms with van der Waals surface area (Å²) < 4.78 is 38.4. The number of nitrogens with one attached hydrogen (secondary N) is 2. The number of carbonyl (C=O) groups excluding carboxylic acids is 1. The lowest BCUT2D eigenvalue weighted by atomic mass is 10.1. The molecule has 0 heterocycles. The molecule has 0 spiro atoms. The number of para-hydroxylation sites is 2. The van der Waals surface area contributed by atoms with Crippen LogP contribution in [-0.2, 0) is 14.8 Å². The molecule has 0 aliphatic carbocycles. The van der Waals surface area contributed by atoms with Gasteiger partial charge in [-0.15, -0.1) is 0 Å². The molecule has 0 radical (unpaired) electrons. The molecular formula is C19H24N2O5S. The van der Waals surface area contributed by atoms with Crippen LogP contribution in [0.15, 0.2) is 47.4 Å². The minimum atomic E-state index is -3.89. The number of amides is 1. The lowest BCUT2D eigenvalue weighted by molar-refractivity contribution is 0.0936. The van der Waals surface area contributed by atoms with Crippen molar-refractivity contribution in [3.63, 3.8) is 0 Å². The van der Waals surface area contributed by atoms with Crippen LogP contribution in [0.2, 0.25) is 0 Å². The van der Waals surface area contributed by atoms with Crippen LogP contribution in [0.5, 0.6) is 5.75 Å². The van der Waals surface area contributed by atoms with E-state index >= 15 is 0 Å². The van der Waals surface area contributed by atoms with Crippen LogP contribution in [-0.4, -0.2) is 41.2 Å². The average Bonchev–Trinajstić information content (AvgIpc) is 2.63. The molecule has 0 saturated carbocycles. The summed E-state index contributed by atoms with van der Waals surface area (Å²) in [6.07, 6.45) is 0. The van der Waals surface area contributed by atoms with E-state index in [0.717, 1.165) is 0 Å². The molecule has 2 N–H and O–H groups in total. The first-order valence-electron chi connectivity index (χ1n) is 8.51. The molecule has 0 aliphatic rings. The number of methoxy groups -OCH3 is 1. The van der Waals surface area contributed by atoms with Crippen molar-refractivity contribution in [1.29, 1.82) is 0 Å². The molecule has 0 saturated heterocycles. The number of aryl methyl sites for hydroxylation is 1. The van der Waals surface area contributed by atoms with Gasteiger partial charge in [0.1, 0.15) is 5.75 Å². The topological polar surface area (TPSA) is 93.7 Å². The Bertz CT molecular complexity index is 897. The van der Waals surface area contributed by atoms with Gasteiger partial charge in [-0.05, 0) is 43.7 Å². The summed E-state index contributed by atoms with van der Waals surface area (Å²) in [5, 5.41) is 2.70. The molecule has 7 nitrogen and oxygen atoms in total. The molecule has 2 aromatic carbocycles. The Kier molecular flexibility index (Phi) is 7.20. The van der Waals surface area contributed by atoms with Crippen LogP contribution in [0.3, 0.4) is 0 Å². The van der Waals surface area contributed by atoms with Gasteiger partial charge in [0.15, 0.2) is 0 Å². The van der Waals surface area contributed by atoms with E-state index in [1.54, 1.807) is 37.3 Å². The first-order valence-corrected chi connectivity index (χ1v) is 9.99. The maximum Gasteiger partial charge on any atom is 0.262 e. The highest BCUT2D eigenvalue weighted by atomic mass is 32.2. The van der Waals surface area contributed by atoms with E-state index in [2.05, 4.69) is 10.0 Å². The number of rotatable bonds is 9. The Morgan fingerprint density at radius 2 is 1.89 bits per heavy atom. The average molecular weight is 392 g/mol. The third-order valence-corrected chi connectivity index (χ3v) is 5.15. The molecule has 0 aromatic heterocycles. The van der Waals surface area contributed by atoms with Crippen molar-refractivity contribution in [3.8, 4) is 5.75 Å². The molecule has 2 rings (SSSR count). The van der Waals surface area contributed by atoms with Crippen LogP contribution in [0.25, 0.3) is 0 Å². The second-order valence-electron chi connectivity index (χ2n) is 5.76. The number of benzene rings is 2.